The fourth-order valence-corrected chi connectivity index (χ4v) is 2.84. The van der Waals surface area contributed by atoms with Crippen LogP contribution in [0.25, 0.3) is 0 Å². The molecule has 2 rings (SSSR count). The molecule has 1 aromatic rings. The molecule has 4 heteroatoms. The Kier molecular flexibility index (Phi) is 3.41. The van der Waals surface area contributed by atoms with Crippen molar-refractivity contribution >= 4 is 27.6 Å². The van der Waals surface area contributed by atoms with E-state index in [0.717, 1.165) is 23.2 Å². The van der Waals surface area contributed by atoms with Crippen LogP contribution >= 0.6 is 15.9 Å². The summed E-state index contributed by atoms with van der Waals surface area (Å²) in [5, 5.41) is 9.24. The lowest BCUT2D eigenvalue weighted by Crippen LogP contribution is -2.52. The maximum Gasteiger partial charge on any atom is 0.337 e. The minimum absolute atomic E-state index is 0.279. The second-order valence-electron chi connectivity index (χ2n) is 5.91. The highest BCUT2D eigenvalue weighted by Crippen LogP contribution is 2.40. The zero-order chi connectivity index (χ0) is 13.5. The Morgan fingerprint density at radius 1 is 1.39 bits per heavy atom. The standard InChI is InChI=1S/C14H18BrNO2/c1-14(2,3)9-7-16(8-9)12-10(13(17)18)5-4-6-11(12)15/h4-6,9H,7-8H2,1-3H3,(H,17,18). The van der Waals surface area contributed by atoms with Crippen molar-refractivity contribution in [2.75, 3.05) is 18.0 Å². The number of carboxylic acids is 1. The van der Waals surface area contributed by atoms with Gasteiger partial charge in [0.25, 0.3) is 0 Å². The molecule has 0 unspecified atom stereocenters. The van der Waals surface area contributed by atoms with Crippen molar-refractivity contribution in [2.45, 2.75) is 20.8 Å². The summed E-state index contributed by atoms with van der Waals surface area (Å²) in [4.78, 5) is 13.4. The lowest BCUT2D eigenvalue weighted by molar-refractivity contribution is 0.0696. The maximum atomic E-state index is 11.2. The average Bonchev–Trinajstić information content (AvgIpc) is 2.15. The number of anilines is 1. The van der Waals surface area contributed by atoms with Gasteiger partial charge in [-0.15, -0.1) is 0 Å². The van der Waals surface area contributed by atoms with Gasteiger partial charge in [0, 0.05) is 17.6 Å². The van der Waals surface area contributed by atoms with E-state index in [-0.39, 0.29) is 5.41 Å². The zero-order valence-electron chi connectivity index (χ0n) is 10.9. The molecular weight excluding hydrogens is 294 g/mol. The van der Waals surface area contributed by atoms with Crippen LogP contribution in [0.3, 0.4) is 0 Å². The summed E-state index contributed by atoms with van der Waals surface area (Å²) in [5.74, 6) is -0.253. The Labute approximate surface area is 116 Å². The van der Waals surface area contributed by atoms with Gasteiger partial charge in [0.2, 0.25) is 0 Å². The summed E-state index contributed by atoms with van der Waals surface area (Å²) in [7, 11) is 0. The third kappa shape index (κ3) is 2.39. The van der Waals surface area contributed by atoms with Crippen molar-refractivity contribution in [2.24, 2.45) is 11.3 Å². The van der Waals surface area contributed by atoms with Gasteiger partial charge >= 0.3 is 5.97 Å². The van der Waals surface area contributed by atoms with Crippen LogP contribution in [0, 0.1) is 11.3 Å². The summed E-state index contributed by atoms with van der Waals surface area (Å²) >= 11 is 3.46. The number of para-hydroxylation sites is 1. The first-order chi connectivity index (χ1) is 8.30. The third-order valence-corrected chi connectivity index (χ3v) is 4.28. The molecule has 0 amide bonds. The van der Waals surface area contributed by atoms with Crippen molar-refractivity contribution in [3.05, 3.63) is 28.2 Å². The molecule has 1 N–H and O–H groups in total. The van der Waals surface area contributed by atoms with Crippen LogP contribution in [0.15, 0.2) is 22.7 Å². The molecule has 1 saturated heterocycles. The summed E-state index contributed by atoms with van der Waals surface area (Å²) in [5.41, 5.74) is 1.46. The zero-order valence-corrected chi connectivity index (χ0v) is 12.5. The quantitative estimate of drug-likeness (QED) is 0.906. The Bertz CT molecular complexity index is 473. The molecule has 1 aliphatic heterocycles. The van der Waals surface area contributed by atoms with Crippen LogP contribution in [0.4, 0.5) is 5.69 Å². The molecule has 0 bridgehead atoms. The molecule has 1 aliphatic rings. The topological polar surface area (TPSA) is 40.5 Å². The van der Waals surface area contributed by atoms with Crippen LogP contribution in [-0.4, -0.2) is 24.2 Å². The highest BCUT2D eigenvalue weighted by atomic mass is 79.9. The largest absolute Gasteiger partial charge is 0.478 e. The van der Waals surface area contributed by atoms with Crippen molar-refractivity contribution in [1.29, 1.82) is 0 Å². The van der Waals surface area contributed by atoms with E-state index < -0.39 is 5.97 Å². The fraction of sp³-hybridized carbons (Fsp3) is 0.500. The van der Waals surface area contributed by atoms with Gasteiger partial charge in [0.1, 0.15) is 0 Å². The summed E-state index contributed by atoms with van der Waals surface area (Å²) < 4.78 is 0.856. The van der Waals surface area contributed by atoms with E-state index in [4.69, 9.17) is 0 Å². The van der Waals surface area contributed by atoms with Crippen LogP contribution in [0.1, 0.15) is 31.1 Å². The lowest BCUT2D eigenvalue weighted by Gasteiger charge is -2.48. The van der Waals surface area contributed by atoms with Crippen LogP contribution < -0.4 is 4.90 Å². The second kappa shape index (κ2) is 4.57. The molecule has 1 aromatic carbocycles. The van der Waals surface area contributed by atoms with E-state index in [0.29, 0.717) is 11.5 Å². The number of aromatic carboxylic acids is 1. The molecule has 1 fully saturated rings. The van der Waals surface area contributed by atoms with Gasteiger partial charge in [-0.1, -0.05) is 26.8 Å². The van der Waals surface area contributed by atoms with Crippen molar-refractivity contribution in [1.82, 2.24) is 0 Å². The van der Waals surface area contributed by atoms with Gasteiger partial charge in [0.15, 0.2) is 0 Å². The first-order valence-corrected chi connectivity index (χ1v) is 6.86. The fourth-order valence-electron chi connectivity index (χ4n) is 2.22. The molecule has 0 aromatic heterocycles. The van der Waals surface area contributed by atoms with Gasteiger partial charge in [-0.05, 0) is 39.4 Å². The smallest absolute Gasteiger partial charge is 0.337 e. The minimum atomic E-state index is -0.870. The first kappa shape index (κ1) is 13.4. The van der Waals surface area contributed by atoms with Gasteiger partial charge in [0.05, 0.1) is 11.3 Å². The molecule has 0 aliphatic carbocycles. The summed E-state index contributed by atoms with van der Waals surface area (Å²) in [6.45, 7) is 8.53. The molecule has 1 heterocycles. The average molecular weight is 312 g/mol. The molecular formula is C14H18BrNO2. The Hall–Kier alpha value is -1.03. The van der Waals surface area contributed by atoms with Gasteiger partial charge in [-0.2, -0.15) is 0 Å². The molecule has 18 heavy (non-hydrogen) atoms. The molecule has 0 saturated carbocycles. The first-order valence-electron chi connectivity index (χ1n) is 6.07. The van der Waals surface area contributed by atoms with Crippen molar-refractivity contribution < 1.29 is 9.90 Å². The van der Waals surface area contributed by atoms with E-state index in [1.807, 2.05) is 6.07 Å². The normalized spacial score (nSPS) is 16.6. The summed E-state index contributed by atoms with van der Waals surface area (Å²) in [6, 6.07) is 5.32. The van der Waals surface area contributed by atoms with Crippen LogP contribution in [-0.2, 0) is 0 Å². The van der Waals surface area contributed by atoms with Crippen molar-refractivity contribution in [3.63, 3.8) is 0 Å². The van der Waals surface area contributed by atoms with E-state index in [2.05, 4.69) is 41.6 Å². The summed E-state index contributed by atoms with van der Waals surface area (Å²) in [6.07, 6.45) is 0. The third-order valence-electron chi connectivity index (χ3n) is 3.64. The second-order valence-corrected chi connectivity index (χ2v) is 6.76. The predicted molar refractivity (Wildman–Crippen MR) is 76.3 cm³/mol. The number of hydrogen-bond donors (Lipinski definition) is 1. The van der Waals surface area contributed by atoms with E-state index in [1.165, 1.54) is 0 Å². The lowest BCUT2D eigenvalue weighted by atomic mass is 9.75. The van der Waals surface area contributed by atoms with Crippen LogP contribution in [0.2, 0.25) is 0 Å². The molecule has 0 spiro atoms. The Morgan fingerprint density at radius 2 is 2.00 bits per heavy atom. The number of carboxylic acid groups (broad SMARTS) is 1. The van der Waals surface area contributed by atoms with E-state index >= 15 is 0 Å². The maximum absolute atomic E-state index is 11.2. The highest BCUT2D eigenvalue weighted by molar-refractivity contribution is 9.10. The van der Waals surface area contributed by atoms with E-state index in [1.54, 1.807) is 12.1 Å². The van der Waals surface area contributed by atoms with Gasteiger partial charge in [-0.25, -0.2) is 4.79 Å². The number of carbonyl (C=O) groups is 1. The SMILES string of the molecule is CC(C)(C)C1CN(c2c(Br)cccc2C(=O)O)C1. The number of hydrogen-bond acceptors (Lipinski definition) is 2. The predicted octanol–water partition coefficient (Wildman–Crippen LogP) is 3.63. The van der Waals surface area contributed by atoms with Crippen LogP contribution in [0.5, 0.6) is 0 Å². The number of rotatable bonds is 2. The van der Waals surface area contributed by atoms with Gasteiger partial charge in [-0.3, -0.25) is 0 Å². The van der Waals surface area contributed by atoms with Gasteiger partial charge < -0.3 is 10.0 Å². The highest BCUT2D eigenvalue weighted by Gasteiger charge is 2.37. The molecule has 3 nitrogen and oxygen atoms in total. The monoisotopic (exact) mass is 311 g/mol. The molecule has 98 valence electrons. The number of halogens is 1. The Morgan fingerprint density at radius 3 is 2.50 bits per heavy atom. The Balaban J connectivity index is 2.24. The number of benzene rings is 1. The van der Waals surface area contributed by atoms with Crippen molar-refractivity contribution in [3.8, 4) is 0 Å². The molecule has 0 atom stereocenters. The molecule has 0 radical (unpaired) electrons. The number of nitrogens with zero attached hydrogens (tertiary/aromatic N) is 1. The van der Waals surface area contributed by atoms with E-state index in [9.17, 15) is 9.90 Å². The minimum Gasteiger partial charge on any atom is -0.478 e.